The minimum atomic E-state index is -0.286. The summed E-state index contributed by atoms with van der Waals surface area (Å²) >= 11 is 0. The second-order valence-corrected chi connectivity index (χ2v) is 7.71. The molecule has 0 spiro atoms. The molecule has 7 heteroatoms. The smallest absolute Gasteiger partial charge is 0.319 e. The first kappa shape index (κ1) is 21.3. The first-order chi connectivity index (χ1) is 14.4. The highest BCUT2D eigenvalue weighted by Crippen LogP contribution is 2.15. The van der Waals surface area contributed by atoms with E-state index < -0.39 is 0 Å². The first-order valence-electron chi connectivity index (χ1n) is 10.1. The molecule has 0 aromatic heterocycles. The predicted octanol–water partition coefficient (Wildman–Crippen LogP) is 3.05. The number of benzene rings is 2. The van der Waals surface area contributed by atoms with E-state index in [1.165, 1.54) is 0 Å². The molecule has 1 heterocycles. The fraction of sp³-hybridized carbons (Fsp3) is 0.348. The molecular weight excluding hydrogens is 378 g/mol. The number of nitriles is 1. The quantitative estimate of drug-likeness (QED) is 0.800. The standard InChI is InChI=1S/C23H27N5O2/c1-17(2)25-23(30)26-21-5-3-4-20(14-21)22(29)28-12-10-27(11-13-28)16-19-8-6-18(15-24)7-9-19/h3-9,14,17H,10-13,16H2,1-2H3,(H2,25,26,30). The molecule has 3 rings (SSSR count). The highest BCUT2D eigenvalue weighted by atomic mass is 16.2. The lowest BCUT2D eigenvalue weighted by atomic mass is 10.1. The Hall–Kier alpha value is -3.37. The predicted molar refractivity (Wildman–Crippen MR) is 116 cm³/mol. The van der Waals surface area contributed by atoms with Crippen molar-refractivity contribution < 1.29 is 9.59 Å². The van der Waals surface area contributed by atoms with Crippen LogP contribution in [-0.4, -0.2) is 54.0 Å². The van der Waals surface area contributed by atoms with E-state index in [0.717, 1.165) is 25.2 Å². The number of piperazine rings is 1. The van der Waals surface area contributed by atoms with Gasteiger partial charge in [-0.25, -0.2) is 4.79 Å². The Kier molecular flexibility index (Phi) is 7.04. The van der Waals surface area contributed by atoms with Crippen LogP contribution in [0.2, 0.25) is 0 Å². The third-order valence-electron chi connectivity index (χ3n) is 4.94. The van der Waals surface area contributed by atoms with Crippen LogP contribution in [0.4, 0.5) is 10.5 Å². The van der Waals surface area contributed by atoms with Gasteiger partial charge in [-0.1, -0.05) is 18.2 Å². The number of nitrogens with zero attached hydrogens (tertiary/aromatic N) is 3. The van der Waals surface area contributed by atoms with Gasteiger partial charge in [0.05, 0.1) is 11.6 Å². The van der Waals surface area contributed by atoms with E-state index in [4.69, 9.17) is 5.26 Å². The van der Waals surface area contributed by atoms with Gasteiger partial charge in [0, 0.05) is 50.0 Å². The molecule has 0 atom stereocenters. The number of hydrogen-bond acceptors (Lipinski definition) is 4. The van der Waals surface area contributed by atoms with Crippen molar-refractivity contribution in [3.63, 3.8) is 0 Å². The molecule has 0 bridgehead atoms. The number of urea groups is 1. The van der Waals surface area contributed by atoms with Crippen LogP contribution >= 0.6 is 0 Å². The van der Waals surface area contributed by atoms with Gasteiger partial charge in [0.15, 0.2) is 0 Å². The van der Waals surface area contributed by atoms with Gasteiger partial charge in [0.2, 0.25) is 0 Å². The number of carbonyl (C=O) groups is 2. The Morgan fingerprint density at radius 1 is 1.07 bits per heavy atom. The molecule has 0 saturated carbocycles. The van der Waals surface area contributed by atoms with Gasteiger partial charge in [-0.2, -0.15) is 5.26 Å². The van der Waals surface area contributed by atoms with Crippen LogP contribution in [0.1, 0.15) is 35.3 Å². The van der Waals surface area contributed by atoms with Crippen LogP contribution in [0.25, 0.3) is 0 Å². The molecule has 30 heavy (non-hydrogen) atoms. The van der Waals surface area contributed by atoms with Crippen molar-refractivity contribution in [1.82, 2.24) is 15.1 Å². The van der Waals surface area contributed by atoms with Crippen molar-refractivity contribution in [2.45, 2.75) is 26.4 Å². The SMILES string of the molecule is CC(C)NC(=O)Nc1cccc(C(=O)N2CCN(Cc3ccc(C#N)cc3)CC2)c1. The summed E-state index contributed by atoms with van der Waals surface area (Å²) in [5, 5.41) is 14.4. The molecule has 1 aliphatic heterocycles. The second-order valence-electron chi connectivity index (χ2n) is 7.71. The van der Waals surface area contributed by atoms with Crippen LogP contribution in [-0.2, 0) is 6.54 Å². The fourth-order valence-electron chi connectivity index (χ4n) is 3.39. The summed E-state index contributed by atoms with van der Waals surface area (Å²) in [5.41, 5.74) is 2.98. The zero-order valence-electron chi connectivity index (χ0n) is 17.4. The largest absolute Gasteiger partial charge is 0.336 e. The van der Waals surface area contributed by atoms with Crippen LogP contribution in [0.3, 0.4) is 0 Å². The van der Waals surface area contributed by atoms with Crippen LogP contribution < -0.4 is 10.6 Å². The Morgan fingerprint density at radius 2 is 1.77 bits per heavy atom. The van der Waals surface area contributed by atoms with E-state index in [9.17, 15) is 9.59 Å². The summed E-state index contributed by atoms with van der Waals surface area (Å²) in [7, 11) is 0. The molecule has 2 aromatic rings. The van der Waals surface area contributed by atoms with E-state index in [0.29, 0.717) is 29.9 Å². The zero-order valence-corrected chi connectivity index (χ0v) is 17.4. The topological polar surface area (TPSA) is 88.5 Å². The molecule has 2 N–H and O–H groups in total. The Balaban J connectivity index is 1.54. The highest BCUT2D eigenvalue weighted by molar-refractivity contribution is 5.97. The zero-order chi connectivity index (χ0) is 21.5. The van der Waals surface area contributed by atoms with Crippen LogP contribution in [0.15, 0.2) is 48.5 Å². The maximum Gasteiger partial charge on any atom is 0.319 e. The third-order valence-corrected chi connectivity index (χ3v) is 4.94. The number of amides is 3. The molecule has 1 aliphatic rings. The third kappa shape index (κ3) is 5.82. The van der Waals surface area contributed by atoms with Gasteiger partial charge in [-0.3, -0.25) is 9.69 Å². The molecule has 0 unspecified atom stereocenters. The molecule has 3 amide bonds. The van der Waals surface area contributed by atoms with E-state index in [2.05, 4.69) is 21.6 Å². The van der Waals surface area contributed by atoms with Gasteiger partial charge in [-0.15, -0.1) is 0 Å². The maximum atomic E-state index is 12.9. The van der Waals surface area contributed by atoms with Crippen molar-refractivity contribution in [2.24, 2.45) is 0 Å². The van der Waals surface area contributed by atoms with Crippen molar-refractivity contribution in [2.75, 3.05) is 31.5 Å². The molecule has 2 aromatic carbocycles. The van der Waals surface area contributed by atoms with Gasteiger partial charge >= 0.3 is 6.03 Å². The minimum absolute atomic E-state index is 0.0269. The number of nitrogens with one attached hydrogen (secondary N) is 2. The van der Waals surface area contributed by atoms with Crippen molar-refractivity contribution in [3.05, 3.63) is 65.2 Å². The number of carbonyl (C=O) groups excluding carboxylic acids is 2. The lowest BCUT2D eigenvalue weighted by Crippen LogP contribution is -2.48. The summed E-state index contributed by atoms with van der Waals surface area (Å²) in [6.07, 6.45) is 0. The fourth-order valence-corrected chi connectivity index (χ4v) is 3.39. The Bertz CT molecular complexity index is 925. The van der Waals surface area contributed by atoms with E-state index >= 15 is 0 Å². The maximum absolute atomic E-state index is 12.9. The van der Waals surface area contributed by atoms with Crippen LogP contribution in [0, 0.1) is 11.3 Å². The summed E-state index contributed by atoms with van der Waals surface area (Å²) in [6.45, 7) is 7.47. The summed E-state index contributed by atoms with van der Waals surface area (Å²) in [4.78, 5) is 28.9. The van der Waals surface area contributed by atoms with Gasteiger partial charge in [0.25, 0.3) is 5.91 Å². The van der Waals surface area contributed by atoms with Gasteiger partial charge in [-0.05, 0) is 49.7 Å². The lowest BCUT2D eigenvalue weighted by molar-refractivity contribution is 0.0628. The van der Waals surface area contributed by atoms with Gasteiger partial charge in [0.1, 0.15) is 0 Å². The number of hydrogen-bond donors (Lipinski definition) is 2. The Morgan fingerprint density at radius 3 is 2.40 bits per heavy atom. The molecule has 0 aliphatic carbocycles. The summed E-state index contributed by atoms with van der Waals surface area (Å²) in [6, 6.07) is 16.5. The number of rotatable bonds is 5. The average molecular weight is 406 g/mol. The molecule has 156 valence electrons. The molecule has 0 radical (unpaired) electrons. The summed E-state index contributed by atoms with van der Waals surface area (Å²) < 4.78 is 0. The van der Waals surface area contributed by atoms with Crippen molar-refractivity contribution >= 4 is 17.6 Å². The molecule has 1 fully saturated rings. The van der Waals surface area contributed by atoms with Gasteiger partial charge < -0.3 is 15.5 Å². The second kappa shape index (κ2) is 9.90. The first-order valence-corrected chi connectivity index (χ1v) is 10.1. The lowest BCUT2D eigenvalue weighted by Gasteiger charge is -2.34. The van der Waals surface area contributed by atoms with Crippen molar-refractivity contribution in [3.8, 4) is 6.07 Å². The normalized spacial score (nSPS) is 14.3. The van der Waals surface area contributed by atoms with E-state index in [1.54, 1.807) is 24.3 Å². The van der Waals surface area contributed by atoms with Crippen LogP contribution in [0.5, 0.6) is 0 Å². The highest BCUT2D eigenvalue weighted by Gasteiger charge is 2.22. The molecule has 1 saturated heterocycles. The summed E-state index contributed by atoms with van der Waals surface area (Å²) in [5.74, 6) is -0.0269. The minimum Gasteiger partial charge on any atom is -0.336 e. The Labute approximate surface area is 177 Å². The monoisotopic (exact) mass is 405 g/mol. The van der Waals surface area contributed by atoms with Crippen molar-refractivity contribution in [1.29, 1.82) is 5.26 Å². The van der Waals surface area contributed by atoms with E-state index in [1.807, 2.05) is 43.0 Å². The molecule has 7 nitrogen and oxygen atoms in total. The molecular formula is C23H27N5O2. The average Bonchev–Trinajstić information content (AvgIpc) is 2.74. The number of anilines is 1. The van der Waals surface area contributed by atoms with E-state index in [-0.39, 0.29) is 18.0 Å².